The predicted octanol–water partition coefficient (Wildman–Crippen LogP) is 3.76. The van der Waals surface area contributed by atoms with E-state index < -0.39 is 5.82 Å². The number of carbonyl (C=O) groups is 1. The van der Waals surface area contributed by atoms with Crippen LogP contribution >= 0.6 is 0 Å². The van der Waals surface area contributed by atoms with Gasteiger partial charge in [-0.3, -0.25) is 9.78 Å². The van der Waals surface area contributed by atoms with Gasteiger partial charge < -0.3 is 9.80 Å². The van der Waals surface area contributed by atoms with Crippen LogP contribution in [0.1, 0.15) is 34.8 Å². The number of nitrogens with zero attached hydrogens (tertiary/aromatic N) is 5. The van der Waals surface area contributed by atoms with E-state index in [-0.39, 0.29) is 11.8 Å². The maximum atomic E-state index is 13.6. The zero-order valence-electron chi connectivity index (χ0n) is 17.1. The molecule has 1 fully saturated rings. The molecule has 1 aliphatic heterocycles. The Balaban J connectivity index is 1.63. The minimum Gasteiger partial charge on any atom is -0.363 e. The van der Waals surface area contributed by atoms with Crippen molar-refractivity contribution in [2.24, 2.45) is 0 Å². The Morgan fingerprint density at radius 3 is 2.67 bits per heavy atom. The number of benzene rings is 1. The number of halogens is 1. The number of carbonyl (C=O) groups excluding carboxylic acids is 1. The number of rotatable bonds is 4. The van der Waals surface area contributed by atoms with Gasteiger partial charge in [0.05, 0.1) is 5.69 Å². The van der Waals surface area contributed by atoms with Crippen LogP contribution in [0.15, 0.2) is 54.9 Å². The fourth-order valence-electron chi connectivity index (χ4n) is 3.73. The van der Waals surface area contributed by atoms with Gasteiger partial charge in [0, 0.05) is 62.7 Å². The average molecular weight is 405 g/mol. The lowest BCUT2D eigenvalue weighted by molar-refractivity contribution is 0.0705. The van der Waals surface area contributed by atoms with Crippen molar-refractivity contribution in [1.29, 1.82) is 0 Å². The standard InChI is InChI=1S/C23H24FN5O/c1-28(2)21-14-20(26-22(27-21)16-8-10-25-11-9-16)18-6-4-12-29(15-18)23(30)17-5-3-7-19(24)13-17/h3,5,7-11,13-14,18H,4,6,12,15H2,1-2H3. The monoisotopic (exact) mass is 405 g/mol. The number of aromatic nitrogens is 3. The Labute approximate surface area is 175 Å². The number of pyridine rings is 1. The third-order valence-electron chi connectivity index (χ3n) is 5.33. The molecule has 0 spiro atoms. The fraction of sp³-hybridized carbons (Fsp3) is 0.304. The summed E-state index contributed by atoms with van der Waals surface area (Å²) in [5.41, 5.74) is 2.19. The summed E-state index contributed by atoms with van der Waals surface area (Å²) in [5.74, 6) is 1.02. The molecule has 7 heteroatoms. The molecule has 1 aromatic carbocycles. The molecule has 0 saturated carbocycles. The zero-order valence-corrected chi connectivity index (χ0v) is 17.1. The van der Waals surface area contributed by atoms with Crippen LogP contribution in [0, 0.1) is 5.82 Å². The number of likely N-dealkylation sites (tertiary alicyclic amines) is 1. The van der Waals surface area contributed by atoms with Gasteiger partial charge in [0.15, 0.2) is 5.82 Å². The third kappa shape index (κ3) is 4.30. The summed E-state index contributed by atoms with van der Waals surface area (Å²) in [6, 6.07) is 11.6. The van der Waals surface area contributed by atoms with Gasteiger partial charge in [0.2, 0.25) is 0 Å². The van der Waals surface area contributed by atoms with Gasteiger partial charge in [0.25, 0.3) is 5.91 Å². The van der Waals surface area contributed by atoms with Crippen molar-refractivity contribution in [1.82, 2.24) is 19.9 Å². The number of amides is 1. The first-order valence-corrected chi connectivity index (χ1v) is 10.0. The van der Waals surface area contributed by atoms with Crippen molar-refractivity contribution in [3.8, 4) is 11.4 Å². The topological polar surface area (TPSA) is 62.2 Å². The Kier molecular flexibility index (Phi) is 5.70. The van der Waals surface area contributed by atoms with Crippen molar-refractivity contribution in [2.45, 2.75) is 18.8 Å². The molecule has 1 aliphatic rings. The van der Waals surface area contributed by atoms with Gasteiger partial charge in [-0.2, -0.15) is 0 Å². The van der Waals surface area contributed by atoms with Crippen molar-refractivity contribution in [3.63, 3.8) is 0 Å². The van der Waals surface area contributed by atoms with Crippen LogP contribution in [0.5, 0.6) is 0 Å². The van der Waals surface area contributed by atoms with E-state index in [1.54, 1.807) is 29.4 Å². The molecule has 1 unspecified atom stereocenters. The normalized spacial score (nSPS) is 16.4. The molecular weight excluding hydrogens is 381 g/mol. The molecule has 1 atom stereocenters. The van der Waals surface area contributed by atoms with Crippen LogP contribution in [0.3, 0.4) is 0 Å². The highest BCUT2D eigenvalue weighted by atomic mass is 19.1. The van der Waals surface area contributed by atoms with E-state index in [2.05, 4.69) is 9.97 Å². The second-order valence-electron chi connectivity index (χ2n) is 7.71. The molecular formula is C23H24FN5O. The Morgan fingerprint density at radius 2 is 1.93 bits per heavy atom. The Hall–Kier alpha value is -3.35. The second kappa shape index (κ2) is 8.57. The molecule has 0 N–H and O–H groups in total. The van der Waals surface area contributed by atoms with Gasteiger partial charge in [-0.1, -0.05) is 6.07 Å². The molecule has 0 aliphatic carbocycles. The largest absolute Gasteiger partial charge is 0.363 e. The highest BCUT2D eigenvalue weighted by Gasteiger charge is 2.27. The molecule has 3 heterocycles. The van der Waals surface area contributed by atoms with E-state index in [9.17, 15) is 9.18 Å². The van der Waals surface area contributed by atoms with Gasteiger partial charge in [-0.25, -0.2) is 14.4 Å². The molecule has 1 saturated heterocycles. The maximum Gasteiger partial charge on any atom is 0.253 e. The van der Waals surface area contributed by atoms with Gasteiger partial charge in [0.1, 0.15) is 11.6 Å². The lowest BCUT2D eigenvalue weighted by Gasteiger charge is -2.33. The predicted molar refractivity (Wildman–Crippen MR) is 114 cm³/mol. The Bertz CT molecular complexity index is 1040. The van der Waals surface area contributed by atoms with Crippen molar-refractivity contribution < 1.29 is 9.18 Å². The first kappa shape index (κ1) is 19.9. The summed E-state index contributed by atoms with van der Waals surface area (Å²) < 4.78 is 13.6. The highest BCUT2D eigenvalue weighted by molar-refractivity contribution is 5.94. The van der Waals surface area contributed by atoms with Crippen molar-refractivity contribution >= 4 is 11.7 Å². The molecule has 154 valence electrons. The molecule has 0 radical (unpaired) electrons. The van der Waals surface area contributed by atoms with E-state index in [0.29, 0.717) is 24.5 Å². The second-order valence-corrected chi connectivity index (χ2v) is 7.71. The smallest absolute Gasteiger partial charge is 0.253 e. The summed E-state index contributed by atoms with van der Waals surface area (Å²) in [6.07, 6.45) is 5.26. The Morgan fingerprint density at radius 1 is 1.13 bits per heavy atom. The van der Waals surface area contributed by atoms with Gasteiger partial charge in [-0.05, 0) is 43.2 Å². The lowest BCUT2D eigenvalue weighted by atomic mass is 9.93. The number of hydrogen-bond donors (Lipinski definition) is 0. The first-order chi connectivity index (χ1) is 14.5. The van der Waals surface area contributed by atoms with E-state index in [4.69, 9.17) is 4.98 Å². The molecule has 4 rings (SSSR count). The fourth-order valence-corrected chi connectivity index (χ4v) is 3.73. The minimum atomic E-state index is -0.400. The summed E-state index contributed by atoms with van der Waals surface area (Å²) in [6.45, 7) is 1.21. The summed E-state index contributed by atoms with van der Waals surface area (Å²) in [4.78, 5) is 30.2. The van der Waals surface area contributed by atoms with E-state index in [1.807, 2.05) is 37.2 Å². The van der Waals surface area contributed by atoms with E-state index >= 15 is 0 Å². The first-order valence-electron chi connectivity index (χ1n) is 10.0. The summed E-state index contributed by atoms with van der Waals surface area (Å²) in [5, 5.41) is 0. The van der Waals surface area contributed by atoms with E-state index in [0.717, 1.165) is 29.9 Å². The summed E-state index contributed by atoms with van der Waals surface area (Å²) >= 11 is 0. The number of hydrogen-bond acceptors (Lipinski definition) is 5. The van der Waals surface area contributed by atoms with Crippen LogP contribution in [0.25, 0.3) is 11.4 Å². The van der Waals surface area contributed by atoms with Gasteiger partial charge in [-0.15, -0.1) is 0 Å². The molecule has 2 aromatic heterocycles. The zero-order chi connectivity index (χ0) is 21.1. The SMILES string of the molecule is CN(C)c1cc(C2CCCN(C(=O)c3cccc(F)c3)C2)nc(-c2ccncc2)n1. The molecule has 0 bridgehead atoms. The van der Waals surface area contributed by atoms with E-state index in [1.165, 1.54) is 12.1 Å². The molecule has 6 nitrogen and oxygen atoms in total. The van der Waals surface area contributed by atoms with Gasteiger partial charge >= 0.3 is 0 Å². The highest BCUT2D eigenvalue weighted by Crippen LogP contribution is 2.30. The lowest BCUT2D eigenvalue weighted by Crippen LogP contribution is -2.39. The summed E-state index contributed by atoms with van der Waals surface area (Å²) in [7, 11) is 3.90. The van der Waals surface area contributed by atoms with Crippen molar-refractivity contribution in [2.75, 3.05) is 32.1 Å². The van der Waals surface area contributed by atoms with Crippen LogP contribution < -0.4 is 4.90 Å². The molecule has 1 amide bonds. The molecule has 3 aromatic rings. The molecule has 30 heavy (non-hydrogen) atoms. The minimum absolute atomic E-state index is 0.0959. The number of anilines is 1. The quantitative estimate of drug-likeness (QED) is 0.661. The van der Waals surface area contributed by atoms with Crippen LogP contribution in [0.4, 0.5) is 10.2 Å². The number of piperidine rings is 1. The van der Waals surface area contributed by atoms with Crippen LogP contribution in [-0.2, 0) is 0 Å². The van der Waals surface area contributed by atoms with Crippen LogP contribution in [-0.4, -0.2) is 52.9 Å². The van der Waals surface area contributed by atoms with Crippen LogP contribution in [0.2, 0.25) is 0 Å². The maximum absolute atomic E-state index is 13.6. The third-order valence-corrected chi connectivity index (χ3v) is 5.33. The average Bonchev–Trinajstić information content (AvgIpc) is 2.79. The van der Waals surface area contributed by atoms with Crippen molar-refractivity contribution in [3.05, 3.63) is 71.9 Å².